The van der Waals surface area contributed by atoms with Crippen molar-refractivity contribution in [3.8, 4) is 0 Å². The van der Waals surface area contributed by atoms with Gasteiger partial charge in [0, 0.05) is 31.0 Å². The molecular weight excluding hydrogens is 208 g/mol. The second-order valence-electron chi connectivity index (χ2n) is 5.35. The Morgan fingerprint density at radius 1 is 1.24 bits per heavy atom. The Labute approximate surface area is 105 Å². The molecule has 0 radical (unpaired) electrons. The van der Waals surface area contributed by atoms with Crippen molar-refractivity contribution in [3.63, 3.8) is 0 Å². The Morgan fingerprint density at radius 2 is 2.00 bits per heavy atom. The van der Waals surface area contributed by atoms with Crippen LogP contribution in [0.15, 0.2) is 24.3 Å². The van der Waals surface area contributed by atoms with Gasteiger partial charge in [0.05, 0.1) is 0 Å². The highest BCUT2D eigenvalue weighted by atomic mass is 15.1. The third-order valence-corrected chi connectivity index (χ3v) is 3.37. The number of benzene rings is 1. The fraction of sp³-hybridized carbons (Fsp3) is 0.600. The average Bonchev–Trinajstić information content (AvgIpc) is 2.82. The smallest absolute Gasteiger partial charge is 0.0386 e. The molecule has 1 aromatic rings. The summed E-state index contributed by atoms with van der Waals surface area (Å²) in [7, 11) is 0. The van der Waals surface area contributed by atoms with Crippen LogP contribution >= 0.6 is 0 Å². The first-order chi connectivity index (χ1) is 8.25. The lowest BCUT2D eigenvalue weighted by Gasteiger charge is -2.18. The van der Waals surface area contributed by atoms with Gasteiger partial charge in [0.15, 0.2) is 0 Å². The number of hydrogen-bond donors (Lipinski definition) is 1. The SMILES string of the molecule is CC(C)CCNc1cccc(N2CCCC2)c1. The summed E-state index contributed by atoms with van der Waals surface area (Å²) in [6.45, 7) is 8.04. The van der Waals surface area contributed by atoms with Crippen molar-refractivity contribution in [3.05, 3.63) is 24.3 Å². The van der Waals surface area contributed by atoms with Gasteiger partial charge in [-0.3, -0.25) is 0 Å². The van der Waals surface area contributed by atoms with Crippen LogP contribution in [0.25, 0.3) is 0 Å². The van der Waals surface area contributed by atoms with Crippen LogP contribution in [0.1, 0.15) is 33.1 Å². The van der Waals surface area contributed by atoms with Gasteiger partial charge in [0.1, 0.15) is 0 Å². The summed E-state index contributed by atoms with van der Waals surface area (Å²) < 4.78 is 0. The van der Waals surface area contributed by atoms with Gasteiger partial charge in [0.25, 0.3) is 0 Å². The van der Waals surface area contributed by atoms with Crippen molar-refractivity contribution in [1.29, 1.82) is 0 Å². The third-order valence-electron chi connectivity index (χ3n) is 3.37. The number of nitrogens with zero attached hydrogens (tertiary/aromatic N) is 1. The van der Waals surface area contributed by atoms with E-state index in [0.717, 1.165) is 12.5 Å². The van der Waals surface area contributed by atoms with E-state index < -0.39 is 0 Å². The third kappa shape index (κ3) is 3.65. The van der Waals surface area contributed by atoms with Crippen LogP contribution in [0.2, 0.25) is 0 Å². The second-order valence-corrected chi connectivity index (χ2v) is 5.35. The normalized spacial score (nSPS) is 15.6. The Hall–Kier alpha value is -1.18. The molecule has 0 amide bonds. The molecule has 17 heavy (non-hydrogen) atoms. The highest BCUT2D eigenvalue weighted by Crippen LogP contribution is 2.23. The minimum absolute atomic E-state index is 0.768. The van der Waals surface area contributed by atoms with Crippen molar-refractivity contribution >= 4 is 11.4 Å². The van der Waals surface area contributed by atoms with Crippen LogP contribution in [-0.4, -0.2) is 19.6 Å². The zero-order chi connectivity index (χ0) is 12.1. The van der Waals surface area contributed by atoms with Gasteiger partial charge in [-0.2, -0.15) is 0 Å². The van der Waals surface area contributed by atoms with Gasteiger partial charge >= 0.3 is 0 Å². The Morgan fingerprint density at radius 3 is 2.71 bits per heavy atom. The number of rotatable bonds is 5. The van der Waals surface area contributed by atoms with Gasteiger partial charge in [-0.15, -0.1) is 0 Å². The van der Waals surface area contributed by atoms with Crippen LogP contribution in [0, 0.1) is 5.92 Å². The van der Waals surface area contributed by atoms with Crippen molar-refractivity contribution < 1.29 is 0 Å². The molecule has 1 fully saturated rings. The van der Waals surface area contributed by atoms with Crippen molar-refractivity contribution in [1.82, 2.24) is 0 Å². The zero-order valence-corrected chi connectivity index (χ0v) is 11.1. The molecule has 1 N–H and O–H groups in total. The van der Waals surface area contributed by atoms with E-state index in [-0.39, 0.29) is 0 Å². The predicted molar refractivity (Wildman–Crippen MR) is 75.8 cm³/mol. The first-order valence-corrected chi connectivity index (χ1v) is 6.84. The maximum absolute atomic E-state index is 3.51. The van der Waals surface area contributed by atoms with Crippen LogP contribution in [0.4, 0.5) is 11.4 Å². The first-order valence-electron chi connectivity index (χ1n) is 6.84. The molecule has 1 aromatic carbocycles. The molecule has 0 bridgehead atoms. The summed E-state index contributed by atoms with van der Waals surface area (Å²) in [6, 6.07) is 8.83. The second kappa shape index (κ2) is 5.95. The minimum Gasteiger partial charge on any atom is -0.385 e. The number of hydrogen-bond acceptors (Lipinski definition) is 2. The standard InChI is InChI=1S/C15H24N2/c1-13(2)8-9-16-14-6-5-7-15(12-14)17-10-3-4-11-17/h5-7,12-13,16H,3-4,8-11H2,1-2H3. The van der Waals surface area contributed by atoms with Gasteiger partial charge in [-0.1, -0.05) is 19.9 Å². The van der Waals surface area contributed by atoms with Gasteiger partial charge < -0.3 is 10.2 Å². The van der Waals surface area contributed by atoms with Crippen LogP contribution in [-0.2, 0) is 0 Å². The molecule has 1 aliphatic heterocycles. The Balaban J connectivity index is 1.91. The van der Waals surface area contributed by atoms with E-state index >= 15 is 0 Å². The van der Waals surface area contributed by atoms with E-state index in [1.165, 1.54) is 43.7 Å². The number of anilines is 2. The Bertz CT molecular complexity index is 341. The lowest BCUT2D eigenvalue weighted by Crippen LogP contribution is -2.17. The maximum atomic E-state index is 3.51. The van der Waals surface area contributed by atoms with E-state index in [1.807, 2.05) is 0 Å². The van der Waals surface area contributed by atoms with E-state index in [1.54, 1.807) is 0 Å². The van der Waals surface area contributed by atoms with E-state index in [9.17, 15) is 0 Å². The average molecular weight is 232 g/mol. The van der Waals surface area contributed by atoms with Crippen LogP contribution in [0.5, 0.6) is 0 Å². The molecule has 0 saturated carbocycles. The van der Waals surface area contributed by atoms with Gasteiger partial charge in [-0.25, -0.2) is 0 Å². The molecule has 2 rings (SSSR count). The fourth-order valence-electron chi connectivity index (χ4n) is 2.29. The summed E-state index contributed by atoms with van der Waals surface area (Å²) in [5.74, 6) is 0.768. The van der Waals surface area contributed by atoms with Crippen molar-refractivity contribution in [2.45, 2.75) is 33.1 Å². The topological polar surface area (TPSA) is 15.3 Å². The minimum atomic E-state index is 0.768. The Kier molecular flexibility index (Phi) is 4.29. The van der Waals surface area contributed by atoms with Crippen LogP contribution < -0.4 is 10.2 Å². The lowest BCUT2D eigenvalue weighted by molar-refractivity contribution is 0.607. The quantitative estimate of drug-likeness (QED) is 0.832. The monoisotopic (exact) mass is 232 g/mol. The van der Waals surface area contributed by atoms with Crippen molar-refractivity contribution in [2.24, 2.45) is 5.92 Å². The molecule has 1 heterocycles. The summed E-state index contributed by atoms with van der Waals surface area (Å²) in [6.07, 6.45) is 3.91. The molecule has 2 heteroatoms. The van der Waals surface area contributed by atoms with E-state index in [2.05, 4.69) is 48.3 Å². The highest BCUT2D eigenvalue weighted by Gasteiger charge is 2.12. The molecule has 1 aliphatic rings. The molecule has 0 atom stereocenters. The molecule has 0 aliphatic carbocycles. The molecular formula is C15H24N2. The highest BCUT2D eigenvalue weighted by molar-refractivity contribution is 5.58. The summed E-state index contributed by atoms with van der Waals surface area (Å²) in [5.41, 5.74) is 2.63. The number of nitrogens with one attached hydrogen (secondary N) is 1. The predicted octanol–water partition coefficient (Wildman–Crippen LogP) is 3.74. The fourth-order valence-corrected chi connectivity index (χ4v) is 2.29. The molecule has 94 valence electrons. The molecule has 2 nitrogen and oxygen atoms in total. The van der Waals surface area contributed by atoms with Gasteiger partial charge in [0.2, 0.25) is 0 Å². The zero-order valence-electron chi connectivity index (χ0n) is 11.1. The van der Waals surface area contributed by atoms with E-state index in [4.69, 9.17) is 0 Å². The maximum Gasteiger partial charge on any atom is 0.0386 e. The van der Waals surface area contributed by atoms with Crippen LogP contribution in [0.3, 0.4) is 0 Å². The molecule has 0 unspecified atom stereocenters. The molecule has 0 spiro atoms. The van der Waals surface area contributed by atoms with Crippen molar-refractivity contribution in [2.75, 3.05) is 29.9 Å². The summed E-state index contributed by atoms with van der Waals surface area (Å²) in [4.78, 5) is 2.48. The van der Waals surface area contributed by atoms with Gasteiger partial charge in [-0.05, 0) is 43.4 Å². The molecule has 0 aromatic heterocycles. The van der Waals surface area contributed by atoms with E-state index in [0.29, 0.717) is 0 Å². The molecule has 1 saturated heterocycles. The largest absolute Gasteiger partial charge is 0.385 e. The lowest BCUT2D eigenvalue weighted by atomic mass is 10.1. The summed E-state index contributed by atoms with van der Waals surface area (Å²) in [5, 5.41) is 3.51. The summed E-state index contributed by atoms with van der Waals surface area (Å²) >= 11 is 0. The first kappa shape index (κ1) is 12.3.